The number of hydrogen-bond acceptors (Lipinski definition) is 3. The van der Waals surface area contributed by atoms with Crippen LogP contribution in [0, 0.1) is 6.92 Å². The minimum Gasteiger partial charge on any atom is -0.482 e. The molecule has 0 bridgehead atoms. The van der Waals surface area contributed by atoms with Crippen molar-refractivity contribution in [3.63, 3.8) is 0 Å². The van der Waals surface area contributed by atoms with Gasteiger partial charge >= 0.3 is 5.97 Å². The summed E-state index contributed by atoms with van der Waals surface area (Å²) in [7, 11) is 0. The molecule has 2 aromatic rings. The van der Waals surface area contributed by atoms with E-state index in [9.17, 15) is 4.79 Å². The molecule has 0 atom stereocenters. The lowest BCUT2D eigenvalue weighted by Crippen LogP contribution is -2.18. The fourth-order valence-electron chi connectivity index (χ4n) is 1.96. The standard InChI is InChI=1S/C19H22O3/c1-14-5-9-16(10-6-14)21-13-18(20)22-17-11-7-15(8-12-17)19(2,3)4/h5-12H,13H2,1-4H3. The Labute approximate surface area is 131 Å². The maximum atomic E-state index is 11.8. The van der Waals surface area contributed by atoms with Gasteiger partial charge in [0.25, 0.3) is 0 Å². The highest BCUT2D eigenvalue weighted by atomic mass is 16.6. The maximum Gasteiger partial charge on any atom is 0.349 e. The van der Waals surface area contributed by atoms with E-state index >= 15 is 0 Å². The molecule has 3 nitrogen and oxygen atoms in total. The van der Waals surface area contributed by atoms with Gasteiger partial charge in [0.15, 0.2) is 6.61 Å². The highest BCUT2D eigenvalue weighted by Crippen LogP contribution is 2.24. The van der Waals surface area contributed by atoms with E-state index < -0.39 is 5.97 Å². The van der Waals surface area contributed by atoms with Crippen LogP contribution in [0.15, 0.2) is 48.5 Å². The normalized spacial score (nSPS) is 11.1. The van der Waals surface area contributed by atoms with E-state index in [0.717, 1.165) is 5.56 Å². The molecular formula is C19H22O3. The number of benzene rings is 2. The van der Waals surface area contributed by atoms with Crippen molar-refractivity contribution < 1.29 is 14.3 Å². The summed E-state index contributed by atoms with van der Waals surface area (Å²) in [6.07, 6.45) is 0. The second-order valence-electron chi connectivity index (χ2n) is 6.35. The Kier molecular flexibility index (Phi) is 4.86. The third-order valence-corrected chi connectivity index (χ3v) is 3.33. The van der Waals surface area contributed by atoms with Gasteiger partial charge in [0.2, 0.25) is 0 Å². The molecule has 0 radical (unpaired) electrons. The van der Waals surface area contributed by atoms with Crippen molar-refractivity contribution in [3.8, 4) is 11.5 Å². The Morgan fingerprint density at radius 2 is 1.45 bits per heavy atom. The molecule has 0 aromatic heterocycles. The van der Waals surface area contributed by atoms with E-state index in [0.29, 0.717) is 11.5 Å². The zero-order chi connectivity index (χ0) is 16.2. The van der Waals surface area contributed by atoms with Gasteiger partial charge in [-0.15, -0.1) is 0 Å². The van der Waals surface area contributed by atoms with Crippen molar-refractivity contribution in [3.05, 3.63) is 59.7 Å². The molecule has 22 heavy (non-hydrogen) atoms. The molecule has 0 unspecified atom stereocenters. The van der Waals surface area contributed by atoms with Gasteiger partial charge in [0.1, 0.15) is 11.5 Å². The zero-order valence-electron chi connectivity index (χ0n) is 13.6. The van der Waals surface area contributed by atoms with Gasteiger partial charge in [0.05, 0.1) is 0 Å². The Morgan fingerprint density at radius 3 is 2.00 bits per heavy atom. The molecule has 0 N–H and O–H groups in total. The van der Waals surface area contributed by atoms with Gasteiger partial charge < -0.3 is 9.47 Å². The van der Waals surface area contributed by atoms with E-state index in [1.165, 1.54) is 5.56 Å². The average Bonchev–Trinajstić information content (AvgIpc) is 2.46. The summed E-state index contributed by atoms with van der Waals surface area (Å²) in [5, 5.41) is 0. The van der Waals surface area contributed by atoms with E-state index in [1.54, 1.807) is 0 Å². The van der Waals surface area contributed by atoms with Crippen molar-refractivity contribution >= 4 is 5.97 Å². The summed E-state index contributed by atoms with van der Waals surface area (Å²) < 4.78 is 10.7. The monoisotopic (exact) mass is 298 g/mol. The van der Waals surface area contributed by atoms with Crippen LogP contribution in [0.5, 0.6) is 11.5 Å². The van der Waals surface area contributed by atoms with Gasteiger partial charge in [-0.3, -0.25) is 0 Å². The van der Waals surface area contributed by atoms with Crippen LogP contribution in [0.2, 0.25) is 0 Å². The summed E-state index contributed by atoms with van der Waals surface area (Å²) in [4.78, 5) is 11.8. The maximum absolute atomic E-state index is 11.8. The Hall–Kier alpha value is -2.29. The summed E-state index contributed by atoms with van der Waals surface area (Å²) in [6.45, 7) is 8.32. The van der Waals surface area contributed by atoms with Crippen LogP contribution in [-0.2, 0) is 10.2 Å². The first-order valence-corrected chi connectivity index (χ1v) is 7.35. The number of carbonyl (C=O) groups excluding carboxylic acids is 1. The van der Waals surface area contributed by atoms with Crippen molar-refractivity contribution in [1.82, 2.24) is 0 Å². The van der Waals surface area contributed by atoms with Crippen LogP contribution in [0.4, 0.5) is 0 Å². The largest absolute Gasteiger partial charge is 0.482 e. The third-order valence-electron chi connectivity index (χ3n) is 3.33. The van der Waals surface area contributed by atoms with Crippen LogP contribution >= 0.6 is 0 Å². The Morgan fingerprint density at radius 1 is 0.909 bits per heavy atom. The molecule has 0 amide bonds. The van der Waals surface area contributed by atoms with Crippen LogP contribution in [-0.4, -0.2) is 12.6 Å². The highest BCUT2D eigenvalue weighted by Gasteiger charge is 2.13. The first-order chi connectivity index (χ1) is 10.3. The van der Waals surface area contributed by atoms with Crippen LogP contribution in [0.25, 0.3) is 0 Å². The molecule has 0 aliphatic carbocycles. The molecule has 116 valence electrons. The van der Waals surface area contributed by atoms with Gasteiger partial charge in [0, 0.05) is 0 Å². The minimum absolute atomic E-state index is 0.0804. The summed E-state index contributed by atoms with van der Waals surface area (Å²) in [6, 6.07) is 15.1. The molecule has 2 aromatic carbocycles. The third kappa shape index (κ3) is 4.62. The van der Waals surface area contributed by atoms with E-state index in [-0.39, 0.29) is 12.0 Å². The van der Waals surface area contributed by atoms with Gasteiger partial charge in [-0.25, -0.2) is 4.79 Å². The first kappa shape index (κ1) is 16.1. The molecule has 2 rings (SSSR count). The van der Waals surface area contributed by atoms with E-state index in [2.05, 4.69) is 20.8 Å². The number of ether oxygens (including phenoxy) is 2. The van der Waals surface area contributed by atoms with Crippen LogP contribution in [0.1, 0.15) is 31.9 Å². The number of hydrogen-bond donors (Lipinski definition) is 0. The number of aryl methyl sites for hydroxylation is 1. The highest BCUT2D eigenvalue weighted by molar-refractivity contribution is 5.74. The van der Waals surface area contributed by atoms with E-state index in [1.807, 2.05) is 55.5 Å². The summed E-state index contributed by atoms with van der Waals surface area (Å²) in [5.41, 5.74) is 2.42. The van der Waals surface area contributed by atoms with Crippen molar-refractivity contribution in [2.75, 3.05) is 6.61 Å². The molecular weight excluding hydrogens is 276 g/mol. The average molecular weight is 298 g/mol. The van der Waals surface area contributed by atoms with Crippen molar-refractivity contribution in [1.29, 1.82) is 0 Å². The predicted molar refractivity (Wildman–Crippen MR) is 87.5 cm³/mol. The van der Waals surface area contributed by atoms with Gasteiger partial charge in [-0.1, -0.05) is 50.6 Å². The lowest BCUT2D eigenvalue weighted by atomic mass is 9.87. The second kappa shape index (κ2) is 6.65. The zero-order valence-corrected chi connectivity index (χ0v) is 13.6. The van der Waals surface area contributed by atoms with Gasteiger partial charge in [-0.2, -0.15) is 0 Å². The molecule has 0 saturated heterocycles. The topological polar surface area (TPSA) is 35.5 Å². The van der Waals surface area contributed by atoms with E-state index in [4.69, 9.17) is 9.47 Å². The minimum atomic E-state index is -0.413. The van der Waals surface area contributed by atoms with Gasteiger partial charge in [-0.05, 0) is 42.2 Å². The Balaban J connectivity index is 1.88. The smallest absolute Gasteiger partial charge is 0.349 e. The predicted octanol–water partition coefficient (Wildman–Crippen LogP) is 4.28. The molecule has 0 spiro atoms. The molecule has 0 saturated carbocycles. The quantitative estimate of drug-likeness (QED) is 0.624. The molecule has 0 aliphatic rings. The summed E-state index contributed by atoms with van der Waals surface area (Å²) in [5.74, 6) is 0.778. The SMILES string of the molecule is Cc1ccc(OCC(=O)Oc2ccc(C(C)(C)C)cc2)cc1. The van der Waals surface area contributed by atoms with Crippen LogP contribution < -0.4 is 9.47 Å². The summed E-state index contributed by atoms with van der Waals surface area (Å²) >= 11 is 0. The molecule has 0 fully saturated rings. The lowest BCUT2D eigenvalue weighted by Gasteiger charge is -2.19. The second-order valence-corrected chi connectivity index (χ2v) is 6.35. The van der Waals surface area contributed by atoms with Crippen molar-refractivity contribution in [2.45, 2.75) is 33.1 Å². The van der Waals surface area contributed by atoms with Crippen molar-refractivity contribution in [2.24, 2.45) is 0 Å². The fraction of sp³-hybridized carbons (Fsp3) is 0.316. The molecule has 0 heterocycles. The van der Waals surface area contributed by atoms with Crippen LogP contribution in [0.3, 0.4) is 0 Å². The Bertz CT molecular complexity index is 619. The molecule has 0 aliphatic heterocycles. The number of esters is 1. The fourth-order valence-corrected chi connectivity index (χ4v) is 1.96. The molecule has 3 heteroatoms. The first-order valence-electron chi connectivity index (χ1n) is 7.35. The number of rotatable bonds is 4. The lowest BCUT2D eigenvalue weighted by molar-refractivity contribution is -0.136. The number of carbonyl (C=O) groups is 1.